The molecule has 0 aliphatic carbocycles. The molecule has 0 aromatic heterocycles. The predicted molar refractivity (Wildman–Crippen MR) is 89.2 cm³/mol. The second-order valence-corrected chi connectivity index (χ2v) is 6.41. The largest absolute Gasteiger partial charge is 0.383 e. The molecule has 0 radical (unpaired) electrons. The van der Waals surface area contributed by atoms with Gasteiger partial charge < -0.3 is 5.32 Å². The summed E-state index contributed by atoms with van der Waals surface area (Å²) in [6, 6.07) is 5.67. The van der Waals surface area contributed by atoms with Gasteiger partial charge in [-0.25, -0.2) is 0 Å². The zero-order valence-corrected chi connectivity index (χ0v) is 13.8. The summed E-state index contributed by atoms with van der Waals surface area (Å²) in [7, 11) is 0. The average Bonchev–Trinajstić information content (AvgIpc) is 2.45. The molecular weight excluding hydrogens is 369 g/mol. The van der Waals surface area contributed by atoms with Crippen molar-refractivity contribution in [3.8, 4) is 0 Å². The molecule has 1 unspecified atom stereocenters. The van der Waals surface area contributed by atoms with Gasteiger partial charge in [0, 0.05) is 24.3 Å². The quantitative estimate of drug-likeness (QED) is 0.476. The first-order valence-corrected chi connectivity index (χ1v) is 8.07. The minimum Gasteiger partial charge on any atom is -0.383 e. The zero-order valence-electron chi connectivity index (χ0n) is 11.6. The Labute approximate surface area is 133 Å². The summed E-state index contributed by atoms with van der Waals surface area (Å²) in [5, 5.41) is 14.2. The molecule has 0 spiro atoms. The second-order valence-electron chi connectivity index (χ2n) is 5.25. The second kappa shape index (κ2) is 7.21. The van der Waals surface area contributed by atoms with Crippen LogP contribution in [-0.4, -0.2) is 35.5 Å². The molecule has 1 aromatic carbocycles. The highest BCUT2D eigenvalue weighted by Crippen LogP contribution is 2.24. The molecule has 1 atom stereocenters. The molecule has 0 amide bonds. The van der Waals surface area contributed by atoms with Gasteiger partial charge in [0.05, 0.1) is 8.49 Å². The van der Waals surface area contributed by atoms with E-state index in [1.54, 1.807) is 12.1 Å². The SMILES string of the molecule is CC(CNc1ccc([N+](=O)[O-])c(I)c1)N1CCCCC1. The van der Waals surface area contributed by atoms with Crippen LogP contribution in [0, 0.1) is 13.7 Å². The third kappa shape index (κ3) is 4.05. The van der Waals surface area contributed by atoms with E-state index in [1.807, 2.05) is 28.7 Å². The van der Waals surface area contributed by atoms with Gasteiger partial charge in [-0.05, 0) is 67.6 Å². The van der Waals surface area contributed by atoms with Gasteiger partial charge in [0.2, 0.25) is 0 Å². The molecular formula is C14H20IN3O2. The number of anilines is 1. The maximum atomic E-state index is 10.8. The van der Waals surface area contributed by atoms with E-state index in [2.05, 4.69) is 17.1 Å². The van der Waals surface area contributed by atoms with Crippen molar-refractivity contribution in [2.45, 2.75) is 32.2 Å². The first kappa shape index (κ1) is 15.5. The monoisotopic (exact) mass is 389 g/mol. The molecule has 5 nitrogen and oxygen atoms in total. The van der Waals surface area contributed by atoms with E-state index in [9.17, 15) is 10.1 Å². The fourth-order valence-electron chi connectivity index (χ4n) is 2.52. The number of nitrogens with zero attached hydrogens (tertiary/aromatic N) is 2. The molecule has 1 saturated heterocycles. The van der Waals surface area contributed by atoms with E-state index in [4.69, 9.17) is 0 Å². The topological polar surface area (TPSA) is 58.4 Å². The van der Waals surface area contributed by atoms with Crippen LogP contribution < -0.4 is 5.32 Å². The number of nitro groups is 1. The Kier molecular flexibility index (Phi) is 5.59. The van der Waals surface area contributed by atoms with Crippen LogP contribution in [-0.2, 0) is 0 Å². The van der Waals surface area contributed by atoms with Crippen LogP contribution in [0.5, 0.6) is 0 Å². The van der Waals surface area contributed by atoms with E-state index in [0.717, 1.165) is 12.2 Å². The lowest BCUT2D eigenvalue weighted by atomic mass is 10.1. The van der Waals surface area contributed by atoms with Gasteiger partial charge in [0.1, 0.15) is 0 Å². The molecule has 1 aromatic rings. The summed E-state index contributed by atoms with van der Waals surface area (Å²) in [5.41, 5.74) is 1.11. The highest BCUT2D eigenvalue weighted by Gasteiger charge is 2.17. The first-order chi connectivity index (χ1) is 9.58. The molecule has 0 bridgehead atoms. The van der Waals surface area contributed by atoms with Crippen molar-refractivity contribution >= 4 is 34.0 Å². The molecule has 1 aliphatic heterocycles. The third-order valence-corrected chi connectivity index (χ3v) is 4.62. The summed E-state index contributed by atoms with van der Waals surface area (Å²) in [5.74, 6) is 0. The summed E-state index contributed by atoms with van der Waals surface area (Å²) in [6.45, 7) is 5.46. The minimum atomic E-state index is -0.345. The van der Waals surface area contributed by atoms with Crippen molar-refractivity contribution in [3.63, 3.8) is 0 Å². The molecule has 1 fully saturated rings. The molecule has 110 valence electrons. The number of benzene rings is 1. The van der Waals surface area contributed by atoms with E-state index in [1.165, 1.54) is 32.4 Å². The summed E-state index contributed by atoms with van der Waals surface area (Å²) in [6.07, 6.45) is 3.93. The normalized spacial score (nSPS) is 17.7. The van der Waals surface area contributed by atoms with E-state index in [0.29, 0.717) is 9.61 Å². The highest BCUT2D eigenvalue weighted by molar-refractivity contribution is 14.1. The Balaban J connectivity index is 1.90. The highest BCUT2D eigenvalue weighted by atomic mass is 127. The molecule has 6 heteroatoms. The van der Waals surface area contributed by atoms with Gasteiger partial charge >= 0.3 is 0 Å². The van der Waals surface area contributed by atoms with Crippen molar-refractivity contribution in [1.82, 2.24) is 4.90 Å². The Bertz CT molecular complexity index is 475. The van der Waals surface area contributed by atoms with Crippen molar-refractivity contribution in [2.75, 3.05) is 25.0 Å². The van der Waals surface area contributed by atoms with Gasteiger partial charge in [-0.1, -0.05) is 6.42 Å². The first-order valence-electron chi connectivity index (χ1n) is 7.00. The van der Waals surface area contributed by atoms with Crippen LogP contribution in [0.25, 0.3) is 0 Å². The molecule has 1 heterocycles. The van der Waals surface area contributed by atoms with E-state index in [-0.39, 0.29) is 10.6 Å². The molecule has 2 rings (SSSR count). The number of hydrogen-bond acceptors (Lipinski definition) is 4. The standard InChI is InChI=1S/C14H20IN3O2/c1-11(17-7-3-2-4-8-17)10-16-12-5-6-14(18(19)20)13(15)9-12/h5-6,9,11,16H,2-4,7-8,10H2,1H3. The zero-order chi connectivity index (χ0) is 14.5. The van der Waals surface area contributed by atoms with E-state index < -0.39 is 0 Å². The minimum absolute atomic E-state index is 0.167. The summed E-state index contributed by atoms with van der Waals surface area (Å²) >= 11 is 2.01. The van der Waals surface area contributed by atoms with Gasteiger partial charge in [-0.15, -0.1) is 0 Å². The fourth-order valence-corrected chi connectivity index (χ4v) is 3.23. The van der Waals surface area contributed by atoms with Crippen LogP contribution in [0.3, 0.4) is 0 Å². The number of hydrogen-bond donors (Lipinski definition) is 1. The molecule has 1 N–H and O–H groups in total. The summed E-state index contributed by atoms with van der Waals surface area (Å²) < 4.78 is 0.670. The van der Waals surface area contributed by atoms with Crippen LogP contribution in [0.15, 0.2) is 18.2 Å². The number of halogens is 1. The lowest BCUT2D eigenvalue weighted by molar-refractivity contribution is -0.385. The number of likely N-dealkylation sites (tertiary alicyclic amines) is 1. The van der Waals surface area contributed by atoms with Crippen LogP contribution in [0.1, 0.15) is 26.2 Å². The molecule has 0 saturated carbocycles. The fraction of sp³-hybridized carbons (Fsp3) is 0.571. The summed E-state index contributed by atoms with van der Waals surface area (Å²) in [4.78, 5) is 12.9. The van der Waals surface area contributed by atoms with Crippen LogP contribution in [0.2, 0.25) is 0 Å². The Morgan fingerprint density at radius 2 is 2.10 bits per heavy atom. The number of nitro benzene ring substituents is 1. The number of piperidine rings is 1. The van der Waals surface area contributed by atoms with Crippen molar-refractivity contribution in [3.05, 3.63) is 31.9 Å². The maximum absolute atomic E-state index is 10.8. The Hall–Kier alpha value is -0.890. The predicted octanol–water partition coefficient (Wildman–Crippen LogP) is 3.49. The Morgan fingerprint density at radius 1 is 1.40 bits per heavy atom. The Morgan fingerprint density at radius 3 is 2.70 bits per heavy atom. The van der Waals surface area contributed by atoms with Gasteiger partial charge in [-0.2, -0.15) is 0 Å². The lowest BCUT2D eigenvalue weighted by Crippen LogP contribution is -2.41. The third-order valence-electron chi connectivity index (χ3n) is 3.76. The number of nitrogens with one attached hydrogen (secondary N) is 1. The van der Waals surface area contributed by atoms with Gasteiger partial charge in [-0.3, -0.25) is 15.0 Å². The van der Waals surface area contributed by atoms with Crippen LogP contribution >= 0.6 is 22.6 Å². The maximum Gasteiger partial charge on any atom is 0.282 e. The molecule has 1 aliphatic rings. The number of rotatable bonds is 5. The van der Waals surface area contributed by atoms with Crippen molar-refractivity contribution in [1.29, 1.82) is 0 Å². The average molecular weight is 389 g/mol. The van der Waals surface area contributed by atoms with E-state index >= 15 is 0 Å². The van der Waals surface area contributed by atoms with Crippen LogP contribution in [0.4, 0.5) is 11.4 Å². The smallest absolute Gasteiger partial charge is 0.282 e. The van der Waals surface area contributed by atoms with Crippen molar-refractivity contribution in [2.24, 2.45) is 0 Å². The molecule has 20 heavy (non-hydrogen) atoms. The van der Waals surface area contributed by atoms with Gasteiger partial charge in [0.15, 0.2) is 0 Å². The van der Waals surface area contributed by atoms with Crippen molar-refractivity contribution < 1.29 is 4.92 Å². The lowest BCUT2D eigenvalue weighted by Gasteiger charge is -2.32. The van der Waals surface area contributed by atoms with Gasteiger partial charge in [0.25, 0.3) is 5.69 Å².